The summed E-state index contributed by atoms with van der Waals surface area (Å²) in [5.41, 5.74) is 1.66. The van der Waals surface area contributed by atoms with Gasteiger partial charge in [0.15, 0.2) is 0 Å². The van der Waals surface area contributed by atoms with Gasteiger partial charge in [-0.25, -0.2) is 9.78 Å². The number of hydrogen-bond acceptors (Lipinski definition) is 3. The fourth-order valence-corrected chi connectivity index (χ4v) is 3.93. The largest absolute Gasteiger partial charge is 0.325 e. The SMILES string of the molecule is CCc1nc2c(c(=O)[nH]1)C[C@H]1CC[C@@H](C2)N1C(=O)N(CC)CC. The average molecular weight is 318 g/mol. The second kappa shape index (κ2) is 6.34. The molecule has 1 saturated heterocycles. The smallest absolute Gasteiger partial charge is 0.320 e. The maximum absolute atomic E-state index is 12.9. The maximum atomic E-state index is 12.9. The molecule has 2 atom stereocenters. The van der Waals surface area contributed by atoms with Crippen LogP contribution in [0.15, 0.2) is 4.79 Å². The molecule has 0 saturated carbocycles. The zero-order valence-electron chi connectivity index (χ0n) is 14.3. The zero-order valence-corrected chi connectivity index (χ0v) is 14.3. The second-order valence-corrected chi connectivity index (χ2v) is 6.45. The Labute approximate surface area is 136 Å². The third-order valence-electron chi connectivity index (χ3n) is 5.23. The third-order valence-corrected chi connectivity index (χ3v) is 5.23. The van der Waals surface area contributed by atoms with E-state index in [4.69, 9.17) is 0 Å². The number of nitrogens with one attached hydrogen (secondary N) is 1. The molecule has 2 aliphatic heterocycles. The molecular formula is C17H26N4O2. The van der Waals surface area contributed by atoms with Gasteiger partial charge in [0.25, 0.3) is 5.56 Å². The first-order valence-electron chi connectivity index (χ1n) is 8.77. The van der Waals surface area contributed by atoms with E-state index in [0.29, 0.717) is 12.8 Å². The molecule has 1 fully saturated rings. The van der Waals surface area contributed by atoms with Crippen molar-refractivity contribution in [2.24, 2.45) is 0 Å². The molecule has 2 amide bonds. The lowest BCUT2D eigenvalue weighted by atomic mass is 9.98. The Balaban J connectivity index is 1.94. The van der Waals surface area contributed by atoms with Gasteiger partial charge >= 0.3 is 6.03 Å². The summed E-state index contributed by atoms with van der Waals surface area (Å²) in [6, 6.07) is 0.417. The van der Waals surface area contributed by atoms with Crippen molar-refractivity contribution in [3.05, 3.63) is 27.4 Å². The quantitative estimate of drug-likeness (QED) is 0.922. The standard InChI is InChI=1S/C17H26N4O2/c1-4-15-18-14-10-12-8-7-11(9-13(14)16(22)19-15)21(12)17(23)20(5-2)6-3/h11-12H,4-10H2,1-3H3,(H,18,19,22)/t11-,12+/m1/s1. The van der Waals surface area contributed by atoms with Gasteiger partial charge in [-0.3, -0.25) is 4.79 Å². The molecule has 0 radical (unpaired) electrons. The number of amides is 2. The number of rotatable bonds is 3. The molecule has 23 heavy (non-hydrogen) atoms. The van der Waals surface area contributed by atoms with E-state index in [1.807, 2.05) is 30.6 Å². The van der Waals surface area contributed by atoms with Crippen molar-refractivity contribution in [2.75, 3.05) is 13.1 Å². The molecule has 0 aliphatic carbocycles. The van der Waals surface area contributed by atoms with Crippen LogP contribution in [0.2, 0.25) is 0 Å². The van der Waals surface area contributed by atoms with Gasteiger partial charge in [-0.1, -0.05) is 6.92 Å². The summed E-state index contributed by atoms with van der Waals surface area (Å²) < 4.78 is 0. The predicted molar refractivity (Wildman–Crippen MR) is 88.6 cm³/mol. The van der Waals surface area contributed by atoms with Crippen LogP contribution < -0.4 is 5.56 Å². The third kappa shape index (κ3) is 2.75. The summed E-state index contributed by atoms with van der Waals surface area (Å²) >= 11 is 0. The summed E-state index contributed by atoms with van der Waals surface area (Å²) in [6.45, 7) is 7.45. The number of hydrogen-bond donors (Lipinski definition) is 1. The number of fused-ring (bicyclic) bond motifs is 3. The lowest BCUT2D eigenvalue weighted by Gasteiger charge is -2.33. The number of carbonyl (C=O) groups is 1. The molecule has 1 N–H and O–H groups in total. The molecule has 0 aromatic carbocycles. The first-order chi connectivity index (χ1) is 11.1. The first kappa shape index (κ1) is 16.0. The molecule has 0 spiro atoms. The zero-order chi connectivity index (χ0) is 16.6. The number of aryl methyl sites for hydroxylation is 1. The Bertz CT molecular complexity index is 650. The molecule has 2 bridgehead atoms. The number of urea groups is 1. The van der Waals surface area contributed by atoms with Gasteiger partial charge in [-0.15, -0.1) is 0 Å². The molecule has 3 rings (SSSR count). The first-order valence-corrected chi connectivity index (χ1v) is 8.77. The summed E-state index contributed by atoms with van der Waals surface area (Å²) in [5.74, 6) is 0.744. The Morgan fingerprint density at radius 1 is 1.22 bits per heavy atom. The maximum Gasteiger partial charge on any atom is 0.320 e. The summed E-state index contributed by atoms with van der Waals surface area (Å²) in [6.07, 6.45) is 4.04. The van der Waals surface area contributed by atoms with E-state index in [1.54, 1.807) is 0 Å². The van der Waals surface area contributed by atoms with Crippen molar-refractivity contribution < 1.29 is 4.79 Å². The molecule has 6 heteroatoms. The molecular weight excluding hydrogens is 292 g/mol. The van der Waals surface area contributed by atoms with Gasteiger partial charge < -0.3 is 14.8 Å². The van der Waals surface area contributed by atoms with Crippen molar-refractivity contribution in [3.8, 4) is 0 Å². The van der Waals surface area contributed by atoms with Gasteiger partial charge in [-0.2, -0.15) is 0 Å². The Morgan fingerprint density at radius 2 is 1.87 bits per heavy atom. The van der Waals surface area contributed by atoms with Crippen molar-refractivity contribution in [3.63, 3.8) is 0 Å². The lowest BCUT2D eigenvalue weighted by molar-refractivity contribution is 0.136. The van der Waals surface area contributed by atoms with E-state index >= 15 is 0 Å². The van der Waals surface area contributed by atoms with Crippen LogP contribution in [0.3, 0.4) is 0 Å². The van der Waals surface area contributed by atoms with E-state index in [0.717, 1.165) is 49.4 Å². The van der Waals surface area contributed by atoms with Crippen LogP contribution in [0.5, 0.6) is 0 Å². The molecule has 1 aromatic heterocycles. The molecule has 6 nitrogen and oxygen atoms in total. The number of aromatic amines is 1. The fraction of sp³-hybridized carbons (Fsp3) is 0.706. The van der Waals surface area contributed by atoms with E-state index in [2.05, 4.69) is 9.97 Å². The van der Waals surface area contributed by atoms with E-state index in [1.165, 1.54) is 0 Å². The van der Waals surface area contributed by atoms with Crippen LogP contribution in [0.1, 0.15) is 50.7 Å². The van der Waals surface area contributed by atoms with E-state index < -0.39 is 0 Å². The lowest BCUT2D eigenvalue weighted by Crippen LogP contribution is -2.49. The summed E-state index contributed by atoms with van der Waals surface area (Å²) in [5, 5.41) is 0. The van der Waals surface area contributed by atoms with Gasteiger partial charge in [0.05, 0.1) is 5.69 Å². The van der Waals surface area contributed by atoms with Crippen molar-refractivity contribution in [1.29, 1.82) is 0 Å². The van der Waals surface area contributed by atoms with Gasteiger partial charge in [0.1, 0.15) is 5.82 Å². The van der Waals surface area contributed by atoms with Crippen LogP contribution in [0.25, 0.3) is 0 Å². The highest BCUT2D eigenvalue weighted by molar-refractivity contribution is 5.75. The normalized spacial score (nSPS) is 22.7. The number of nitrogens with zero attached hydrogens (tertiary/aromatic N) is 3. The number of aromatic nitrogens is 2. The van der Waals surface area contributed by atoms with Crippen molar-refractivity contribution >= 4 is 6.03 Å². The van der Waals surface area contributed by atoms with Gasteiger partial charge in [0.2, 0.25) is 0 Å². The molecule has 2 aliphatic rings. The van der Waals surface area contributed by atoms with Crippen LogP contribution in [-0.2, 0) is 19.3 Å². The Hall–Kier alpha value is -1.85. The Kier molecular flexibility index (Phi) is 4.41. The Morgan fingerprint density at radius 3 is 2.48 bits per heavy atom. The minimum atomic E-state index is -0.0189. The minimum Gasteiger partial charge on any atom is -0.325 e. The van der Waals surface area contributed by atoms with Gasteiger partial charge in [-0.05, 0) is 26.7 Å². The molecule has 1 aromatic rings. The fourth-order valence-electron chi connectivity index (χ4n) is 3.93. The topological polar surface area (TPSA) is 69.3 Å². The van der Waals surface area contributed by atoms with Crippen LogP contribution in [0, 0.1) is 0 Å². The van der Waals surface area contributed by atoms with Crippen LogP contribution in [-0.4, -0.2) is 51.0 Å². The number of carbonyl (C=O) groups excluding carboxylic acids is 1. The number of H-pyrrole nitrogens is 1. The highest BCUT2D eigenvalue weighted by atomic mass is 16.2. The second-order valence-electron chi connectivity index (χ2n) is 6.45. The van der Waals surface area contributed by atoms with Gasteiger partial charge in [0, 0.05) is 50.0 Å². The van der Waals surface area contributed by atoms with Crippen LogP contribution in [0.4, 0.5) is 4.79 Å². The summed E-state index contributed by atoms with van der Waals surface area (Å²) in [7, 11) is 0. The summed E-state index contributed by atoms with van der Waals surface area (Å²) in [4.78, 5) is 36.7. The van der Waals surface area contributed by atoms with Crippen molar-refractivity contribution in [2.45, 2.75) is 65.0 Å². The minimum absolute atomic E-state index is 0.0189. The van der Waals surface area contributed by atoms with E-state index in [-0.39, 0.29) is 23.7 Å². The van der Waals surface area contributed by atoms with Crippen LogP contribution >= 0.6 is 0 Å². The highest BCUT2D eigenvalue weighted by Gasteiger charge is 2.42. The predicted octanol–water partition coefficient (Wildman–Crippen LogP) is 1.73. The monoisotopic (exact) mass is 318 g/mol. The molecule has 3 heterocycles. The van der Waals surface area contributed by atoms with E-state index in [9.17, 15) is 9.59 Å². The molecule has 126 valence electrons. The highest BCUT2D eigenvalue weighted by Crippen LogP contribution is 2.33. The van der Waals surface area contributed by atoms with Crippen molar-refractivity contribution in [1.82, 2.24) is 19.8 Å². The molecule has 0 unspecified atom stereocenters. The average Bonchev–Trinajstić information content (AvgIpc) is 2.83.